The number of unbranched alkanes of at least 4 members (excludes halogenated alkanes) is 1. The number of hydrogen-bond donors (Lipinski definition) is 0. The zero-order valence-electron chi connectivity index (χ0n) is 12.3. The first-order valence-electron chi connectivity index (χ1n) is 7.81. The minimum Gasteiger partial charge on any atom is -0.348 e. The van der Waals surface area contributed by atoms with E-state index in [-0.39, 0.29) is 0 Å². The Labute approximate surface area is 122 Å². The Bertz CT molecular complexity index is 536. The molecule has 1 nitrogen and oxygen atoms in total. The Morgan fingerprint density at radius 1 is 1.15 bits per heavy atom. The van der Waals surface area contributed by atoms with E-state index in [1.54, 1.807) is 5.57 Å². The topological polar surface area (TPSA) is 3.24 Å². The van der Waals surface area contributed by atoms with Gasteiger partial charge in [0.2, 0.25) is 0 Å². The minimum atomic E-state index is 0.708. The number of fused-ring (bicyclic) bond motifs is 1. The second-order valence-electron chi connectivity index (χ2n) is 5.69. The number of nitrogens with zero attached hydrogens (tertiary/aromatic N) is 1. The van der Waals surface area contributed by atoms with Crippen molar-refractivity contribution < 1.29 is 0 Å². The van der Waals surface area contributed by atoms with E-state index in [0.29, 0.717) is 5.92 Å². The molecule has 0 amide bonds. The maximum atomic E-state index is 2.41. The molecule has 0 aromatic heterocycles. The Morgan fingerprint density at radius 3 is 2.80 bits per heavy atom. The molecule has 2 aliphatic heterocycles. The summed E-state index contributed by atoms with van der Waals surface area (Å²) in [6.07, 6.45) is 14.0. The van der Waals surface area contributed by atoms with E-state index in [1.165, 1.54) is 36.9 Å². The smallest absolute Gasteiger partial charge is 0.0447 e. The van der Waals surface area contributed by atoms with Crippen LogP contribution < -0.4 is 0 Å². The van der Waals surface area contributed by atoms with Crippen LogP contribution in [0.5, 0.6) is 0 Å². The molecule has 1 aromatic carbocycles. The van der Waals surface area contributed by atoms with Gasteiger partial charge in [0.1, 0.15) is 0 Å². The summed E-state index contributed by atoms with van der Waals surface area (Å²) in [5.74, 6) is 0.708. The summed E-state index contributed by atoms with van der Waals surface area (Å²) in [6, 6.07) is 10.9. The van der Waals surface area contributed by atoms with Crippen LogP contribution in [-0.4, -0.2) is 11.4 Å². The molecule has 0 saturated carbocycles. The first-order valence-corrected chi connectivity index (χ1v) is 7.81. The van der Waals surface area contributed by atoms with Crippen LogP contribution in [0.1, 0.15) is 38.2 Å². The van der Waals surface area contributed by atoms with Gasteiger partial charge in [0, 0.05) is 18.4 Å². The van der Waals surface area contributed by atoms with Crippen molar-refractivity contribution in [2.75, 3.05) is 6.54 Å². The van der Waals surface area contributed by atoms with Crippen LogP contribution in [0.25, 0.3) is 5.57 Å². The standard InChI is InChI=1S/C19H23N/c1-2-3-9-17-13-15-20-14-8-7-12-18(20)19(17)16-10-5-4-6-11-16/h4-8,10-12,14,17H,2-3,9,13,15H2,1H3. The fraction of sp³-hybridized carbons (Fsp3) is 0.368. The van der Waals surface area contributed by atoms with Crippen LogP contribution in [0, 0.1) is 5.92 Å². The van der Waals surface area contributed by atoms with E-state index in [0.717, 1.165) is 6.54 Å². The number of allylic oxidation sites excluding steroid dienone is 4. The highest BCUT2D eigenvalue weighted by Gasteiger charge is 2.26. The Kier molecular flexibility index (Phi) is 4.05. The normalized spacial score (nSPS) is 21.2. The highest BCUT2D eigenvalue weighted by Crippen LogP contribution is 2.39. The summed E-state index contributed by atoms with van der Waals surface area (Å²) < 4.78 is 0. The molecule has 1 aromatic rings. The molecule has 0 saturated heterocycles. The number of benzene rings is 1. The first kappa shape index (κ1) is 13.2. The Balaban J connectivity index is 2.02. The molecule has 3 rings (SSSR count). The van der Waals surface area contributed by atoms with Crippen molar-refractivity contribution in [2.24, 2.45) is 5.92 Å². The molecule has 1 unspecified atom stereocenters. The van der Waals surface area contributed by atoms with Gasteiger partial charge in [-0.2, -0.15) is 0 Å². The van der Waals surface area contributed by atoms with Gasteiger partial charge in [-0.05, 0) is 42.0 Å². The molecule has 2 heterocycles. The van der Waals surface area contributed by atoms with Gasteiger partial charge < -0.3 is 4.90 Å². The maximum Gasteiger partial charge on any atom is 0.0447 e. The summed E-state index contributed by atoms with van der Waals surface area (Å²) in [7, 11) is 0. The molecule has 0 radical (unpaired) electrons. The highest BCUT2D eigenvalue weighted by molar-refractivity contribution is 5.73. The molecular weight excluding hydrogens is 242 g/mol. The molecule has 0 N–H and O–H groups in total. The summed E-state index contributed by atoms with van der Waals surface area (Å²) >= 11 is 0. The molecule has 1 heteroatoms. The summed E-state index contributed by atoms with van der Waals surface area (Å²) in [5.41, 5.74) is 4.35. The quantitative estimate of drug-likeness (QED) is 0.741. The van der Waals surface area contributed by atoms with Gasteiger partial charge in [-0.15, -0.1) is 0 Å². The molecule has 2 aliphatic rings. The summed E-state index contributed by atoms with van der Waals surface area (Å²) in [5, 5.41) is 0. The zero-order valence-corrected chi connectivity index (χ0v) is 12.3. The predicted molar refractivity (Wildman–Crippen MR) is 86.0 cm³/mol. The van der Waals surface area contributed by atoms with Crippen molar-refractivity contribution in [3.8, 4) is 0 Å². The van der Waals surface area contributed by atoms with E-state index >= 15 is 0 Å². The second-order valence-corrected chi connectivity index (χ2v) is 5.69. The minimum absolute atomic E-state index is 0.708. The summed E-state index contributed by atoms with van der Waals surface area (Å²) in [6.45, 7) is 3.44. The third-order valence-electron chi connectivity index (χ3n) is 4.33. The van der Waals surface area contributed by atoms with E-state index in [1.807, 2.05) is 0 Å². The van der Waals surface area contributed by atoms with Crippen LogP contribution in [0.3, 0.4) is 0 Å². The largest absolute Gasteiger partial charge is 0.348 e. The lowest BCUT2D eigenvalue weighted by molar-refractivity contribution is 0.380. The average Bonchev–Trinajstić information content (AvgIpc) is 2.53. The van der Waals surface area contributed by atoms with Crippen LogP contribution in [0.15, 0.2) is 60.5 Å². The Morgan fingerprint density at radius 2 is 2.00 bits per heavy atom. The first-order chi connectivity index (χ1) is 9.90. The molecular formula is C19H23N. The second kappa shape index (κ2) is 6.13. The van der Waals surface area contributed by atoms with Crippen LogP contribution >= 0.6 is 0 Å². The molecule has 1 atom stereocenters. The van der Waals surface area contributed by atoms with E-state index in [4.69, 9.17) is 0 Å². The van der Waals surface area contributed by atoms with Gasteiger partial charge >= 0.3 is 0 Å². The van der Waals surface area contributed by atoms with Crippen molar-refractivity contribution in [3.05, 3.63) is 66.0 Å². The van der Waals surface area contributed by atoms with Gasteiger partial charge in [-0.3, -0.25) is 0 Å². The van der Waals surface area contributed by atoms with Crippen LogP contribution in [0.4, 0.5) is 0 Å². The molecule has 0 bridgehead atoms. The van der Waals surface area contributed by atoms with Gasteiger partial charge in [-0.25, -0.2) is 0 Å². The monoisotopic (exact) mass is 265 g/mol. The van der Waals surface area contributed by atoms with Crippen LogP contribution in [-0.2, 0) is 0 Å². The molecule has 0 fully saturated rings. The number of hydrogen-bond acceptors (Lipinski definition) is 1. The highest BCUT2D eigenvalue weighted by atomic mass is 15.1. The van der Waals surface area contributed by atoms with E-state index in [2.05, 4.69) is 66.6 Å². The van der Waals surface area contributed by atoms with E-state index in [9.17, 15) is 0 Å². The lowest BCUT2D eigenvalue weighted by Crippen LogP contribution is -2.28. The lowest BCUT2D eigenvalue weighted by Gasteiger charge is -2.36. The van der Waals surface area contributed by atoms with Crippen molar-refractivity contribution >= 4 is 5.57 Å². The molecule has 0 aliphatic carbocycles. The van der Waals surface area contributed by atoms with Gasteiger partial charge in [-0.1, -0.05) is 56.2 Å². The third-order valence-corrected chi connectivity index (χ3v) is 4.33. The van der Waals surface area contributed by atoms with Gasteiger partial charge in [0.25, 0.3) is 0 Å². The fourth-order valence-electron chi connectivity index (χ4n) is 3.30. The fourth-order valence-corrected chi connectivity index (χ4v) is 3.30. The maximum absolute atomic E-state index is 2.41. The van der Waals surface area contributed by atoms with Crippen molar-refractivity contribution in [1.29, 1.82) is 0 Å². The average molecular weight is 265 g/mol. The van der Waals surface area contributed by atoms with Crippen LogP contribution in [0.2, 0.25) is 0 Å². The third kappa shape index (κ3) is 2.58. The van der Waals surface area contributed by atoms with Crippen molar-refractivity contribution in [3.63, 3.8) is 0 Å². The van der Waals surface area contributed by atoms with E-state index < -0.39 is 0 Å². The lowest BCUT2D eigenvalue weighted by atomic mass is 9.81. The number of rotatable bonds is 4. The molecule has 0 spiro atoms. The summed E-state index contributed by atoms with van der Waals surface area (Å²) in [4.78, 5) is 2.41. The molecule has 20 heavy (non-hydrogen) atoms. The van der Waals surface area contributed by atoms with Crippen molar-refractivity contribution in [1.82, 2.24) is 4.90 Å². The predicted octanol–water partition coefficient (Wildman–Crippen LogP) is 4.99. The van der Waals surface area contributed by atoms with Crippen molar-refractivity contribution in [2.45, 2.75) is 32.6 Å². The molecule has 104 valence electrons. The Hall–Kier alpha value is -1.76. The zero-order chi connectivity index (χ0) is 13.8. The SMILES string of the molecule is CCCCC1CCN2C=CC=CC2=C1c1ccccc1. The van der Waals surface area contributed by atoms with Gasteiger partial charge in [0.15, 0.2) is 0 Å². The van der Waals surface area contributed by atoms with Gasteiger partial charge in [0.05, 0.1) is 0 Å².